The lowest BCUT2D eigenvalue weighted by molar-refractivity contribution is -0.145. The minimum Gasteiger partial charge on any atom is -0.498 e. The third-order valence-electron chi connectivity index (χ3n) is 9.14. The van der Waals surface area contributed by atoms with Crippen molar-refractivity contribution >= 4 is 5.97 Å². The zero-order valence-corrected chi connectivity index (χ0v) is 17.7. The van der Waals surface area contributed by atoms with Gasteiger partial charge in [-0.25, -0.2) is 0 Å². The molecule has 156 valence electrons. The Morgan fingerprint density at radius 1 is 1.21 bits per heavy atom. The number of aliphatic carboxylic acids is 1. The Morgan fingerprint density at radius 2 is 1.96 bits per heavy atom. The molecule has 4 rings (SSSR count). The topological polar surface area (TPSA) is 66.8 Å². The molecular formula is C24H36O4. The van der Waals surface area contributed by atoms with Gasteiger partial charge in [0.2, 0.25) is 0 Å². The molecule has 2 N–H and O–H groups in total. The second-order valence-corrected chi connectivity index (χ2v) is 10.2. The molecule has 4 heteroatoms. The van der Waals surface area contributed by atoms with Crippen LogP contribution in [0.1, 0.15) is 78.6 Å². The predicted octanol–water partition coefficient (Wildman–Crippen LogP) is 5.08. The molecule has 2 fully saturated rings. The third kappa shape index (κ3) is 2.86. The molecular weight excluding hydrogens is 352 g/mol. The summed E-state index contributed by atoms with van der Waals surface area (Å²) in [5.74, 6) is 2.09. The van der Waals surface area contributed by atoms with Crippen LogP contribution in [-0.4, -0.2) is 28.4 Å². The summed E-state index contributed by atoms with van der Waals surface area (Å²) in [6, 6.07) is 0. The summed E-state index contributed by atoms with van der Waals surface area (Å²) < 4.78 is 5.81. The van der Waals surface area contributed by atoms with E-state index in [0.29, 0.717) is 24.2 Å². The van der Waals surface area contributed by atoms with Crippen LogP contribution in [0.4, 0.5) is 0 Å². The van der Waals surface area contributed by atoms with Gasteiger partial charge in [0.25, 0.3) is 0 Å². The number of hydrogen-bond acceptors (Lipinski definition) is 3. The average molecular weight is 389 g/mol. The predicted molar refractivity (Wildman–Crippen MR) is 109 cm³/mol. The zero-order chi connectivity index (χ0) is 20.2. The first-order valence-electron chi connectivity index (χ1n) is 11.2. The Balaban J connectivity index is 1.60. The van der Waals surface area contributed by atoms with E-state index in [2.05, 4.69) is 26.0 Å². The Kier molecular flexibility index (Phi) is 4.93. The fourth-order valence-corrected chi connectivity index (χ4v) is 7.43. The number of rotatable bonds is 5. The van der Waals surface area contributed by atoms with E-state index in [1.54, 1.807) is 0 Å². The summed E-state index contributed by atoms with van der Waals surface area (Å²) in [6.45, 7) is 7.48. The van der Waals surface area contributed by atoms with Crippen LogP contribution in [0.3, 0.4) is 0 Å². The van der Waals surface area contributed by atoms with Crippen LogP contribution >= 0.6 is 0 Å². The van der Waals surface area contributed by atoms with Crippen LogP contribution in [0.5, 0.6) is 0 Å². The lowest BCUT2D eigenvalue weighted by Gasteiger charge is -2.58. The Bertz CT molecular complexity index is 709. The number of allylic oxidation sites excluding steroid dienone is 4. The molecule has 0 radical (unpaired) electrons. The van der Waals surface area contributed by atoms with Gasteiger partial charge in [0.05, 0.1) is 18.0 Å². The second kappa shape index (κ2) is 6.90. The van der Waals surface area contributed by atoms with Gasteiger partial charge < -0.3 is 14.9 Å². The van der Waals surface area contributed by atoms with E-state index in [1.807, 2.05) is 6.92 Å². The van der Waals surface area contributed by atoms with Gasteiger partial charge in [-0.3, -0.25) is 4.79 Å². The SMILES string of the molecule is CCOC1=CC2=CC[C@@H]3[C@H](CC[C@@]4(C)[C@H]3CC[C@]4(O)CCC(=O)O)[C@@]2(C)CC1. The molecule has 0 heterocycles. The van der Waals surface area contributed by atoms with Crippen LogP contribution in [0, 0.1) is 28.6 Å². The monoisotopic (exact) mass is 388 g/mol. The number of hydrogen-bond donors (Lipinski definition) is 2. The molecule has 0 bridgehead atoms. The molecule has 0 amide bonds. The van der Waals surface area contributed by atoms with E-state index < -0.39 is 11.6 Å². The highest BCUT2D eigenvalue weighted by molar-refractivity contribution is 5.66. The first-order chi connectivity index (χ1) is 13.2. The largest absolute Gasteiger partial charge is 0.498 e. The van der Waals surface area contributed by atoms with E-state index in [9.17, 15) is 9.90 Å². The van der Waals surface area contributed by atoms with Crippen molar-refractivity contribution < 1.29 is 19.7 Å². The molecule has 0 saturated heterocycles. The van der Waals surface area contributed by atoms with E-state index in [0.717, 1.165) is 57.3 Å². The standard InChI is InChI=1S/C24H36O4/c1-4-28-17-7-11-22(2)16(15-17)5-6-18-19(22)8-12-23(3)20(18)9-13-24(23,27)14-10-21(25)26/h5,15,18-20,27H,4,6-14H2,1-3H3,(H,25,26)/t18-,19+,20+,22+,23+,24+/m1/s1. The lowest BCUT2D eigenvalue weighted by atomic mass is 9.47. The van der Waals surface area contributed by atoms with Crippen molar-refractivity contribution in [2.24, 2.45) is 28.6 Å². The summed E-state index contributed by atoms with van der Waals surface area (Å²) >= 11 is 0. The number of ether oxygens (including phenoxy) is 1. The molecule has 4 nitrogen and oxygen atoms in total. The Morgan fingerprint density at radius 3 is 2.68 bits per heavy atom. The maximum Gasteiger partial charge on any atom is 0.303 e. The van der Waals surface area contributed by atoms with E-state index in [-0.39, 0.29) is 17.3 Å². The van der Waals surface area contributed by atoms with Crippen molar-refractivity contribution in [3.8, 4) is 0 Å². The van der Waals surface area contributed by atoms with Crippen LogP contribution in [0.25, 0.3) is 0 Å². The van der Waals surface area contributed by atoms with Gasteiger partial charge in [0.15, 0.2) is 0 Å². The fourth-order valence-electron chi connectivity index (χ4n) is 7.43. The first kappa shape index (κ1) is 20.0. The summed E-state index contributed by atoms with van der Waals surface area (Å²) in [7, 11) is 0. The molecule has 0 aromatic rings. The molecule has 0 aromatic carbocycles. The summed E-state index contributed by atoms with van der Waals surface area (Å²) in [6.07, 6.45) is 12.4. The van der Waals surface area contributed by atoms with E-state index >= 15 is 0 Å². The minimum absolute atomic E-state index is 0.0691. The zero-order valence-electron chi connectivity index (χ0n) is 17.7. The first-order valence-corrected chi connectivity index (χ1v) is 11.2. The van der Waals surface area contributed by atoms with Gasteiger partial charge in [-0.1, -0.05) is 19.9 Å². The number of aliphatic hydroxyl groups is 1. The van der Waals surface area contributed by atoms with Crippen molar-refractivity contribution in [2.45, 2.75) is 84.2 Å². The van der Waals surface area contributed by atoms with Crippen molar-refractivity contribution in [1.29, 1.82) is 0 Å². The maximum absolute atomic E-state index is 11.5. The average Bonchev–Trinajstić information content (AvgIpc) is 2.92. The lowest BCUT2D eigenvalue weighted by Crippen LogP contribution is -2.54. The van der Waals surface area contributed by atoms with Gasteiger partial charge in [-0.15, -0.1) is 0 Å². The molecule has 0 aliphatic heterocycles. The van der Waals surface area contributed by atoms with Crippen molar-refractivity contribution in [2.75, 3.05) is 6.61 Å². The molecule has 0 aromatic heterocycles. The smallest absolute Gasteiger partial charge is 0.303 e. The molecule has 4 aliphatic rings. The highest BCUT2D eigenvalue weighted by Gasteiger charge is 2.63. The molecule has 28 heavy (non-hydrogen) atoms. The Hall–Kier alpha value is -1.29. The number of carboxylic acid groups (broad SMARTS) is 1. The molecule has 0 spiro atoms. The van der Waals surface area contributed by atoms with Crippen molar-refractivity contribution in [3.05, 3.63) is 23.5 Å². The van der Waals surface area contributed by atoms with Gasteiger partial charge in [0, 0.05) is 12.8 Å². The molecule has 2 saturated carbocycles. The highest BCUT2D eigenvalue weighted by atomic mass is 16.5. The third-order valence-corrected chi connectivity index (χ3v) is 9.14. The normalized spacial score (nSPS) is 44.6. The van der Waals surface area contributed by atoms with Gasteiger partial charge in [-0.2, -0.15) is 0 Å². The van der Waals surface area contributed by atoms with Crippen LogP contribution in [0.2, 0.25) is 0 Å². The number of carbonyl (C=O) groups is 1. The minimum atomic E-state index is -0.819. The number of fused-ring (bicyclic) bond motifs is 5. The molecule has 0 unspecified atom stereocenters. The Labute approximate surface area is 169 Å². The van der Waals surface area contributed by atoms with Gasteiger partial charge in [0.1, 0.15) is 0 Å². The molecule has 6 atom stereocenters. The molecule has 4 aliphatic carbocycles. The van der Waals surface area contributed by atoms with Crippen molar-refractivity contribution in [3.63, 3.8) is 0 Å². The van der Waals surface area contributed by atoms with Crippen LogP contribution in [-0.2, 0) is 9.53 Å². The summed E-state index contributed by atoms with van der Waals surface area (Å²) in [5, 5.41) is 20.6. The highest BCUT2D eigenvalue weighted by Crippen LogP contribution is 2.67. The fraction of sp³-hybridized carbons (Fsp3) is 0.792. The van der Waals surface area contributed by atoms with E-state index in [1.165, 1.54) is 5.57 Å². The van der Waals surface area contributed by atoms with Crippen LogP contribution in [0.15, 0.2) is 23.5 Å². The second-order valence-electron chi connectivity index (χ2n) is 10.2. The van der Waals surface area contributed by atoms with Gasteiger partial charge >= 0.3 is 5.97 Å². The van der Waals surface area contributed by atoms with Crippen molar-refractivity contribution in [1.82, 2.24) is 0 Å². The summed E-state index contributed by atoms with van der Waals surface area (Å²) in [4.78, 5) is 11.1. The van der Waals surface area contributed by atoms with E-state index in [4.69, 9.17) is 9.84 Å². The number of carboxylic acids is 1. The maximum atomic E-state index is 11.5. The van der Waals surface area contributed by atoms with Crippen LogP contribution < -0.4 is 0 Å². The quantitative estimate of drug-likeness (QED) is 0.689. The summed E-state index contributed by atoms with van der Waals surface area (Å²) in [5.41, 5.74) is 0.714. The van der Waals surface area contributed by atoms with Gasteiger partial charge in [-0.05, 0) is 92.1 Å².